The number of aromatic amines is 1. The number of likely N-dealkylation sites (tertiary alicyclic amines) is 1. The van der Waals surface area contributed by atoms with Gasteiger partial charge in [0.1, 0.15) is 11.5 Å². The number of nitrogens with zero attached hydrogens (tertiary/aromatic N) is 5. The molecule has 2 aromatic heterocycles. The van der Waals surface area contributed by atoms with Crippen molar-refractivity contribution in [3.8, 4) is 23.0 Å². The summed E-state index contributed by atoms with van der Waals surface area (Å²) in [5, 5.41) is 11.9. The molecule has 3 fully saturated rings. The van der Waals surface area contributed by atoms with Crippen molar-refractivity contribution >= 4 is 22.6 Å². The zero-order chi connectivity index (χ0) is 27.8. The molecule has 2 aromatic carbocycles. The molecule has 0 aliphatic carbocycles. The molecular weight excluding hydrogens is 510 g/mol. The highest BCUT2D eigenvalue weighted by Gasteiger charge is 2.45. The van der Waals surface area contributed by atoms with Crippen LogP contribution >= 0.6 is 0 Å². The van der Waals surface area contributed by atoms with Crippen LogP contribution in [0.3, 0.4) is 0 Å². The molecule has 8 nitrogen and oxygen atoms in total. The number of piperazine rings is 1. The van der Waals surface area contributed by atoms with Gasteiger partial charge in [-0.1, -0.05) is 24.1 Å². The largest absolute Gasteiger partial charge is 0.354 e. The minimum atomic E-state index is 0.0848. The van der Waals surface area contributed by atoms with Crippen molar-refractivity contribution < 1.29 is 4.79 Å². The second-order valence-electron chi connectivity index (χ2n) is 11.7. The van der Waals surface area contributed by atoms with Gasteiger partial charge in [-0.05, 0) is 68.8 Å². The Hall–Kier alpha value is -4.19. The average Bonchev–Trinajstić information content (AvgIpc) is 3.41. The molecule has 3 aliphatic heterocycles. The maximum atomic E-state index is 13.3. The monoisotopic (exact) mass is 545 g/mol. The molecule has 3 saturated heterocycles. The Labute approximate surface area is 240 Å². The number of rotatable bonds is 3. The SMILES string of the molecule is CN1CCN(c2ncccc2-c2ccccc2C#Cc2[nH]nc3ccc(C(=O)N4CC5(CCCNC5)C4)cc23)CC1. The third kappa shape index (κ3) is 4.96. The molecule has 5 heterocycles. The van der Waals surface area contributed by atoms with Crippen molar-refractivity contribution in [2.24, 2.45) is 5.41 Å². The van der Waals surface area contributed by atoms with Crippen LogP contribution in [-0.2, 0) is 0 Å². The topological polar surface area (TPSA) is 80.4 Å². The highest BCUT2D eigenvalue weighted by atomic mass is 16.2. The van der Waals surface area contributed by atoms with Gasteiger partial charge in [-0.25, -0.2) is 4.98 Å². The summed E-state index contributed by atoms with van der Waals surface area (Å²) >= 11 is 0. The van der Waals surface area contributed by atoms with Gasteiger partial charge >= 0.3 is 0 Å². The summed E-state index contributed by atoms with van der Waals surface area (Å²) in [6.07, 6.45) is 4.25. The number of hydrogen-bond acceptors (Lipinski definition) is 6. The zero-order valence-electron chi connectivity index (χ0n) is 23.5. The molecule has 4 aromatic rings. The van der Waals surface area contributed by atoms with Crippen LogP contribution in [0.1, 0.15) is 34.5 Å². The Morgan fingerprint density at radius 3 is 2.63 bits per heavy atom. The number of aromatic nitrogens is 3. The lowest BCUT2D eigenvalue weighted by molar-refractivity contribution is -0.00721. The summed E-state index contributed by atoms with van der Waals surface area (Å²) < 4.78 is 0. The van der Waals surface area contributed by atoms with Gasteiger partial charge in [-0.2, -0.15) is 5.10 Å². The first-order valence-corrected chi connectivity index (χ1v) is 14.6. The van der Waals surface area contributed by atoms with E-state index in [0.717, 1.165) is 85.8 Å². The smallest absolute Gasteiger partial charge is 0.253 e. The molecule has 0 unspecified atom stereocenters. The lowest BCUT2D eigenvalue weighted by Crippen LogP contribution is -2.63. The van der Waals surface area contributed by atoms with Gasteiger partial charge in [0.25, 0.3) is 5.91 Å². The third-order valence-corrected chi connectivity index (χ3v) is 8.83. The van der Waals surface area contributed by atoms with Crippen LogP contribution in [0.25, 0.3) is 22.0 Å². The highest BCUT2D eigenvalue weighted by Crippen LogP contribution is 2.37. The van der Waals surface area contributed by atoms with Crippen LogP contribution in [0.4, 0.5) is 5.82 Å². The number of H-pyrrole nitrogens is 1. The Balaban J connectivity index is 1.16. The zero-order valence-corrected chi connectivity index (χ0v) is 23.5. The number of likely N-dealkylation sites (N-methyl/N-ethyl adjacent to an activating group) is 1. The number of carbonyl (C=O) groups excluding carboxylic acids is 1. The van der Waals surface area contributed by atoms with Gasteiger partial charge in [-0.3, -0.25) is 9.89 Å². The van der Waals surface area contributed by atoms with Crippen LogP contribution in [0.5, 0.6) is 0 Å². The van der Waals surface area contributed by atoms with E-state index in [1.165, 1.54) is 12.8 Å². The van der Waals surface area contributed by atoms with Crippen LogP contribution in [0.15, 0.2) is 60.8 Å². The predicted molar refractivity (Wildman–Crippen MR) is 162 cm³/mol. The number of fused-ring (bicyclic) bond motifs is 1. The fourth-order valence-corrected chi connectivity index (χ4v) is 6.46. The Bertz CT molecular complexity index is 1640. The Morgan fingerprint density at radius 2 is 1.80 bits per heavy atom. The summed E-state index contributed by atoms with van der Waals surface area (Å²) in [7, 11) is 2.16. The molecule has 0 radical (unpaired) electrons. The number of benzene rings is 2. The van der Waals surface area contributed by atoms with E-state index >= 15 is 0 Å². The number of carbonyl (C=O) groups is 1. The van der Waals surface area contributed by atoms with E-state index in [1.807, 2.05) is 47.5 Å². The van der Waals surface area contributed by atoms with Crippen LogP contribution < -0.4 is 10.2 Å². The minimum Gasteiger partial charge on any atom is -0.354 e. The number of hydrogen-bond donors (Lipinski definition) is 2. The molecule has 208 valence electrons. The van der Waals surface area contributed by atoms with E-state index < -0.39 is 0 Å². The third-order valence-electron chi connectivity index (χ3n) is 8.83. The fraction of sp³-hybridized carbons (Fsp3) is 0.364. The van der Waals surface area contributed by atoms with Crippen molar-refractivity contribution in [3.05, 3.63) is 77.6 Å². The molecule has 0 saturated carbocycles. The number of pyridine rings is 1. The maximum absolute atomic E-state index is 13.3. The van der Waals surface area contributed by atoms with E-state index in [4.69, 9.17) is 4.98 Å². The summed E-state index contributed by atoms with van der Waals surface area (Å²) in [6, 6.07) is 18.1. The lowest BCUT2D eigenvalue weighted by Gasteiger charge is -2.52. The first-order chi connectivity index (χ1) is 20.1. The Morgan fingerprint density at radius 1 is 0.976 bits per heavy atom. The molecule has 1 spiro atoms. The minimum absolute atomic E-state index is 0.0848. The van der Waals surface area contributed by atoms with Gasteiger partial charge in [0, 0.05) is 85.1 Å². The molecule has 1 amide bonds. The van der Waals surface area contributed by atoms with E-state index in [9.17, 15) is 4.79 Å². The van der Waals surface area contributed by atoms with E-state index in [-0.39, 0.29) is 11.3 Å². The van der Waals surface area contributed by atoms with Gasteiger partial charge in [0.2, 0.25) is 0 Å². The lowest BCUT2D eigenvalue weighted by atomic mass is 9.74. The number of amides is 1. The summed E-state index contributed by atoms with van der Waals surface area (Å²) in [6.45, 7) is 7.69. The normalized spacial score (nSPS) is 18.7. The fourth-order valence-electron chi connectivity index (χ4n) is 6.46. The standard InChI is InChI=1S/C33H35N7O/c1-38-16-18-39(19-17-38)31-27(8-4-15-35-31)26-7-3-2-6-24(26)9-11-29-28-20-25(10-12-30(28)37-36-29)32(41)40-22-33(23-40)13-5-14-34-21-33/h2-4,6-8,10,12,15,20,34H,5,13-14,16-19,21-23H2,1H3,(H,36,37). The van der Waals surface area contributed by atoms with Crippen molar-refractivity contribution in [1.29, 1.82) is 0 Å². The molecule has 8 heteroatoms. The van der Waals surface area contributed by atoms with Crippen LogP contribution in [0.2, 0.25) is 0 Å². The van der Waals surface area contributed by atoms with Crippen LogP contribution in [0, 0.1) is 17.3 Å². The highest BCUT2D eigenvalue weighted by molar-refractivity contribution is 5.99. The summed E-state index contributed by atoms with van der Waals surface area (Å²) in [4.78, 5) is 24.8. The molecule has 0 bridgehead atoms. The van der Waals surface area contributed by atoms with Gasteiger partial charge in [0.15, 0.2) is 0 Å². The van der Waals surface area contributed by atoms with Gasteiger partial charge < -0.3 is 20.0 Å². The summed E-state index contributed by atoms with van der Waals surface area (Å²) in [5.41, 5.74) is 5.55. The second kappa shape index (κ2) is 10.7. The van der Waals surface area contributed by atoms with Crippen molar-refractivity contribution in [2.75, 3.05) is 64.3 Å². The van der Waals surface area contributed by atoms with E-state index in [1.54, 1.807) is 0 Å². The van der Waals surface area contributed by atoms with E-state index in [2.05, 4.69) is 62.4 Å². The quantitative estimate of drug-likeness (QED) is 0.383. The molecule has 41 heavy (non-hydrogen) atoms. The van der Waals surface area contributed by atoms with Gasteiger partial charge in [-0.15, -0.1) is 0 Å². The summed E-state index contributed by atoms with van der Waals surface area (Å²) in [5.74, 6) is 7.81. The van der Waals surface area contributed by atoms with Crippen molar-refractivity contribution in [2.45, 2.75) is 12.8 Å². The number of piperidine rings is 1. The average molecular weight is 546 g/mol. The number of nitrogens with one attached hydrogen (secondary N) is 2. The molecular formula is C33H35N7O. The first kappa shape index (κ1) is 25.8. The molecule has 2 N–H and O–H groups in total. The predicted octanol–water partition coefficient (Wildman–Crippen LogP) is 3.60. The van der Waals surface area contributed by atoms with Crippen molar-refractivity contribution in [3.63, 3.8) is 0 Å². The number of anilines is 1. The van der Waals surface area contributed by atoms with Gasteiger partial charge in [0.05, 0.1) is 5.52 Å². The first-order valence-electron chi connectivity index (χ1n) is 14.6. The molecule has 3 aliphatic rings. The maximum Gasteiger partial charge on any atom is 0.253 e. The van der Waals surface area contributed by atoms with Crippen LogP contribution in [-0.4, -0.2) is 90.3 Å². The molecule has 0 atom stereocenters. The van der Waals surface area contributed by atoms with Crippen molar-refractivity contribution in [1.82, 2.24) is 30.3 Å². The Kier molecular flexibility index (Phi) is 6.69. The second-order valence-corrected chi connectivity index (χ2v) is 11.7. The molecule has 7 rings (SSSR count). The van der Waals surface area contributed by atoms with E-state index in [0.29, 0.717) is 11.3 Å².